The zero-order valence-corrected chi connectivity index (χ0v) is 19.1. The fourth-order valence-electron chi connectivity index (χ4n) is 4.18. The molecule has 0 spiro atoms. The predicted octanol–water partition coefficient (Wildman–Crippen LogP) is 4.05. The van der Waals surface area contributed by atoms with E-state index in [1.165, 1.54) is 7.11 Å². The van der Waals surface area contributed by atoms with Gasteiger partial charge in [0, 0.05) is 38.6 Å². The molecule has 9 nitrogen and oxygen atoms in total. The summed E-state index contributed by atoms with van der Waals surface area (Å²) < 4.78 is 12.1. The number of carbonyl (C=O) groups is 2. The molecule has 2 aromatic rings. The molecule has 0 unspecified atom stereocenters. The van der Waals surface area contributed by atoms with Crippen molar-refractivity contribution in [3.05, 3.63) is 21.6 Å². The van der Waals surface area contributed by atoms with Crippen LogP contribution in [-0.2, 0) is 11.3 Å². The number of unbranched alkanes of at least 4 members (excludes halogenated alkanes) is 1. The topological polar surface area (TPSA) is 93.7 Å². The van der Waals surface area contributed by atoms with Crippen molar-refractivity contribution in [1.82, 2.24) is 24.5 Å². The Hall–Kier alpha value is -2.26. The summed E-state index contributed by atoms with van der Waals surface area (Å²) in [6, 6.07) is 0. The zero-order chi connectivity index (χ0) is 22.1. The Labute approximate surface area is 190 Å². The maximum absolute atomic E-state index is 13.0. The first-order valence-electron chi connectivity index (χ1n) is 10.5. The van der Waals surface area contributed by atoms with Crippen molar-refractivity contribution in [2.75, 3.05) is 33.3 Å². The van der Waals surface area contributed by atoms with E-state index in [9.17, 15) is 9.59 Å². The molecule has 0 saturated carbocycles. The fourth-order valence-corrected chi connectivity index (χ4v) is 4.73. The number of rotatable bonds is 5. The fraction of sp³-hybridized carbons (Fsp3) is 0.600. The van der Waals surface area contributed by atoms with Gasteiger partial charge in [0.25, 0.3) is 5.91 Å². The Bertz CT molecular complexity index is 981. The van der Waals surface area contributed by atoms with Crippen LogP contribution in [0.25, 0.3) is 11.5 Å². The first-order chi connectivity index (χ1) is 15.0. The number of likely N-dealkylation sites (tertiary alicyclic amines) is 1. The molecule has 2 amide bonds. The Morgan fingerprint density at radius 2 is 1.87 bits per heavy atom. The molecule has 2 aliphatic heterocycles. The first-order valence-corrected chi connectivity index (χ1v) is 11.2. The molecule has 0 bridgehead atoms. The van der Waals surface area contributed by atoms with Crippen molar-refractivity contribution in [2.45, 2.75) is 45.1 Å². The highest BCUT2D eigenvalue weighted by Gasteiger charge is 2.35. The minimum atomic E-state index is -0.330. The molecule has 1 fully saturated rings. The van der Waals surface area contributed by atoms with Gasteiger partial charge >= 0.3 is 6.09 Å². The number of carbonyl (C=O) groups excluding carboxylic acids is 2. The smallest absolute Gasteiger partial charge is 0.409 e. The highest BCUT2D eigenvalue weighted by atomic mass is 35.5. The van der Waals surface area contributed by atoms with Crippen LogP contribution in [0.2, 0.25) is 10.0 Å². The molecule has 0 N–H and O–H groups in total. The molecule has 0 aliphatic carbocycles. The van der Waals surface area contributed by atoms with E-state index in [1.54, 1.807) is 9.47 Å². The van der Waals surface area contributed by atoms with Gasteiger partial charge < -0.3 is 23.6 Å². The number of hydrogen-bond donors (Lipinski definition) is 0. The molecule has 168 valence electrons. The van der Waals surface area contributed by atoms with Gasteiger partial charge in [-0.15, -0.1) is 0 Å². The number of aromatic nitrogens is 3. The van der Waals surface area contributed by atoms with E-state index in [1.807, 2.05) is 4.90 Å². The minimum Gasteiger partial charge on any atom is -0.453 e. The average molecular weight is 470 g/mol. The Morgan fingerprint density at radius 1 is 1.16 bits per heavy atom. The van der Waals surface area contributed by atoms with E-state index in [-0.39, 0.29) is 28.0 Å². The van der Waals surface area contributed by atoms with Crippen molar-refractivity contribution in [1.29, 1.82) is 0 Å². The monoisotopic (exact) mass is 469 g/mol. The van der Waals surface area contributed by atoms with Crippen molar-refractivity contribution < 1.29 is 18.8 Å². The summed E-state index contributed by atoms with van der Waals surface area (Å²) in [5.41, 5.74) is 0.883. The maximum atomic E-state index is 13.0. The minimum absolute atomic E-state index is 0.0401. The molecular weight excluding hydrogens is 445 g/mol. The van der Waals surface area contributed by atoms with Crippen LogP contribution in [0, 0.1) is 0 Å². The van der Waals surface area contributed by atoms with Gasteiger partial charge in [-0.1, -0.05) is 41.7 Å². The van der Waals surface area contributed by atoms with Crippen molar-refractivity contribution >= 4 is 35.2 Å². The highest BCUT2D eigenvalue weighted by molar-refractivity contribution is 6.45. The van der Waals surface area contributed by atoms with Gasteiger partial charge in [-0.05, 0) is 19.3 Å². The number of piperidine rings is 1. The van der Waals surface area contributed by atoms with Crippen molar-refractivity contribution in [3.63, 3.8) is 0 Å². The van der Waals surface area contributed by atoms with Crippen LogP contribution in [0.4, 0.5) is 4.79 Å². The van der Waals surface area contributed by atoms with E-state index < -0.39 is 0 Å². The molecule has 0 radical (unpaired) electrons. The van der Waals surface area contributed by atoms with Crippen LogP contribution in [0.1, 0.15) is 54.9 Å². The summed E-state index contributed by atoms with van der Waals surface area (Å²) in [6.45, 7) is 5.05. The molecule has 1 saturated heterocycles. The number of amides is 2. The van der Waals surface area contributed by atoms with E-state index in [0.29, 0.717) is 68.7 Å². The molecule has 4 rings (SSSR count). The third kappa shape index (κ3) is 4.01. The van der Waals surface area contributed by atoms with Gasteiger partial charge in [0.1, 0.15) is 11.4 Å². The number of halogens is 2. The lowest BCUT2D eigenvalue weighted by atomic mass is 9.97. The quantitative estimate of drug-likeness (QED) is 0.655. The summed E-state index contributed by atoms with van der Waals surface area (Å²) in [5.74, 6) is 0.724. The summed E-state index contributed by atoms with van der Waals surface area (Å²) in [5, 5.41) is 4.61. The van der Waals surface area contributed by atoms with Gasteiger partial charge in [-0.2, -0.15) is 4.98 Å². The second-order valence-electron chi connectivity index (χ2n) is 7.81. The third-order valence-electron chi connectivity index (χ3n) is 5.94. The van der Waals surface area contributed by atoms with Crippen LogP contribution < -0.4 is 0 Å². The van der Waals surface area contributed by atoms with Crippen molar-refractivity contribution in [3.8, 4) is 11.5 Å². The van der Waals surface area contributed by atoms with Crippen molar-refractivity contribution in [2.24, 2.45) is 0 Å². The number of ether oxygens (including phenoxy) is 1. The third-order valence-corrected chi connectivity index (χ3v) is 6.78. The Balaban J connectivity index is 1.56. The SMILES string of the molecule is CCCCN1CCn2c(c(Cl)c(Cl)c2-c2noc(C3CCN(C(=O)OC)CC3)n2)C1=O. The Morgan fingerprint density at radius 3 is 2.55 bits per heavy atom. The summed E-state index contributed by atoms with van der Waals surface area (Å²) in [6.07, 6.45) is 3.01. The number of fused-ring (bicyclic) bond motifs is 1. The average Bonchev–Trinajstić information content (AvgIpc) is 3.36. The van der Waals surface area contributed by atoms with Crippen LogP contribution >= 0.6 is 23.2 Å². The van der Waals surface area contributed by atoms with E-state index in [4.69, 9.17) is 32.5 Å². The summed E-state index contributed by atoms with van der Waals surface area (Å²) >= 11 is 13.0. The van der Waals surface area contributed by atoms with Gasteiger partial charge in [-0.25, -0.2) is 4.79 Å². The predicted molar refractivity (Wildman–Crippen MR) is 115 cm³/mol. The highest BCUT2D eigenvalue weighted by Crippen LogP contribution is 2.40. The normalized spacial score (nSPS) is 17.2. The second kappa shape index (κ2) is 9.08. The first kappa shape index (κ1) is 22.0. The van der Waals surface area contributed by atoms with Crippen LogP contribution in [0.3, 0.4) is 0 Å². The molecule has 4 heterocycles. The zero-order valence-electron chi connectivity index (χ0n) is 17.6. The second-order valence-corrected chi connectivity index (χ2v) is 8.57. The van der Waals surface area contributed by atoms with Gasteiger partial charge in [-0.3, -0.25) is 4.79 Å². The number of methoxy groups -OCH3 is 1. The molecule has 0 aromatic carbocycles. The number of hydrogen-bond acceptors (Lipinski definition) is 6. The largest absolute Gasteiger partial charge is 0.453 e. The Kier molecular flexibility index (Phi) is 6.43. The van der Waals surface area contributed by atoms with E-state index in [0.717, 1.165) is 12.8 Å². The molecule has 2 aliphatic rings. The molecule has 2 aromatic heterocycles. The lowest BCUT2D eigenvalue weighted by Gasteiger charge is -2.29. The van der Waals surface area contributed by atoms with Gasteiger partial charge in [0.2, 0.25) is 11.7 Å². The van der Waals surface area contributed by atoms with Gasteiger partial charge in [0.05, 0.1) is 17.2 Å². The molecule has 31 heavy (non-hydrogen) atoms. The standard InChI is InChI=1S/C20H25Cl2N5O4/c1-3-4-7-25-10-11-27-15(13(21)14(22)16(27)19(25)28)17-23-18(31-24-17)12-5-8-26(9-6-12)20(29)30-2/h12H,3-11H2,1-2H3. The molecule has 11 heteroatoms. The summed E-state index contributed by atoms with van der Waals surface area (Å²) in [4.78, 5) is 32.7. The lowest BCUT2D eigenvalue weighted by Crippen LogP contribution is -2.40. The van der Waals surface area contributed by atoms with E-state index in [2.05, 4.69) is 17.1 Å². The molecule has 0 atom stereocenters. The number of nitrogens with zero attached hydrogens (tertiary/aromatic N) is 5. The van der Waals surface area contributed by atoms with E-state index >= 15 is 0 Å². The van der Waals surface area contributed by atoms with Gasteiger partial charge in [0.15, 0.2) is 0 Å². The maximum Gasteiger partial charge on any atom is 0.409 e. The van der Waals surface area contributed by atoms with Crippen LogP contribution in [-0.4, -0.2) is 69.8 Å². The summed E-state index contributed by atoms with van der Waals surface area (Å²) in [7, 11) is 1.37. The molecular formula is C20H25Cl2N5O4. The lowest BCUT2D eigenvalue weighted by molar-refractivity contribution is 0.0703. The van der Waals surface area contributed by atoms with Crippen LogP contribution in [0.15, 0.2) is 4.52 Å². The van der Waals surface area contributed by atoms with Crippen LogP contribution in [0.5, 0.6) is 0 Å².